The van der Waals surface area contributed by atoms with Crippen molar-refractivity contribution in [1.82, 2.24) is 15.2 Å². The fourth-order valence-corrected chi connectivity index (χ4v) is 1.39. The maximum atomic E-state index is 13.5. The van der Waals surface area contributed by atoms with E-state index in [9.17, 15) is 4.39 Å². The summed E-state index contributed by atoms with van der Waals surface area (Å²) in [6.45, 7) is 2.65. The second kappa shape index (κ2) is 5.43. The van der Waals surface area contributed by atoms with Crippen LogP contribution in [0.3, 0.4) is 0 Å². The van der Waals surface area contributed by atoms with E-state index in [0.717, 1.165) is 12.8 Å². The van der Waals surface area contributed by atoms with Gasteiger partial charge in [-0.1, -0.05) is 25.5 Å². The summed E-state index contributed by atoms with van der Waals surface area (Å²) in [5, 5.41) is 6.54. The van der Waals surface area contributed by atoms with E-state index < -0.39 is 0 Å². The molecule has 1 aromatic carbocycles. The van der Waals surface area contributed by atoms with Gasteiger partial charge in [0.25, 0.3) is 0 Å². The number of rotatable bonds is 5. The fourth-order valence-electron chi connectivity index (χ4n) is 1.39. The Morgan fingerprint density at radius 1 is 1.35 bits per heavy atom. The number of hydrogen-bond donors (Lipinski definition) is 1. The van der Waals surface area contributed by atoms with Crippen LogP contribution in [-0.4, -0.2) is 21.8 Å². The topological polar surface area (TPSA) is 50.8 Å². The highest BCUT2D eigenvalue weighted by Crippen LogP contribution is 2.19. The molecule has 0 atom stereocenters. The lowest BCUT2D eigenvalue weighted by Crippen LogP contribution is -1.97. The molecule has 1 heterocycles. The van der Waals surface area contributed by atoms with Gasteiger partial charge in [0.15, 0.2) is 5.82 Å². The molecule has 0 amide bonds. The van der Waals surface area contributed by atoms with Crippen molar-refractivity contribution in [2.45, 2.75) is 19.8 Å². The monoisotopic (exact) mass is 235 g/mol. The quantitative estimate of drug-likeness (QED) is 0.811. The number of H-pyrrole nitrogens is 1. The number of ether oxygens (including phenoxy) is 1. The first-order chi connectivity index (χ1) is 8.31. The second-order valence-corrected chi connectivity index (χ2v) is 3.65. The van der Waals surface area contributed by atoms with Gasteiger partial charge >= 0.3 is 6.01 Å². The molecule has 0 aliphatic heterocycles. The number of nitrogens with one attached hydrogen (secondary N) is 1. The maximum Gasteiger partial charge on any atom is 0.335 e. The average molecular weight is 235 g/mol. The lowest BCUT2D eigenvalue weighted by molar-refractivity contribution is 0.286. The van der Waals surface area contributed by atoms with Crippen molar-refractivity contribution >= 4 is 0 Å². The van der Waals surface area contributed by atoms with E-state index >= 15 is 0 Å². The summed E-state index contributed by atoms with van der Waals surface area (Å²) in [6, 6.07) is 6.67. The van der Waals surface area contributed by atoms with Crippen LogP contribution < -0.4 is 4.74 Å². The molecule has 1 aromatic heterocycles. The summed E-state index contributed by atoms with van der Waals surface area (Å²) in [5.41, 5.74) is 0.394. The first-order valence-electron chi connectivity index (χ1n) is 5.61. The molecule has 0 aliphatic carbocycles. The van der Waals surface area contributed by atoms with Crippen molar-refractivity contribution in [3.63, 3.8) is 0 Å². The Bertz CT molecular complexity index is 484. The molecule has 17 heavy (non-hydrogen) atoms. The molecule has 1 N–H and O–H groups in total. The lowest BCUT2D eigenvalue weighted by Gasteiger charge is -1.98. The van der Waals surface area contributed by atoms with Crippen LogP contribution in [0.2, 0.25) is 0 Å². The first kappa shape index (κ1) is 11.6. The minimum Gasteiger partial charge on any atom is -0.462 e. The molecular weight excluding hydrogens is 221 g/mol. The molecule has 90 valence electrons. The van der Waals surface area contributed by atoms with Crippen molar-refractivity contribution < 1.29 is 9.13 Å². The SMILES string of the molecule is CCCCOc1n[nH]c(-c2ccccc2F)n1. The van der Waals surface area contributed by atoms with E-state index in [4.69, 9.17) is 4.74 Å². The molecule has 0 unspecified atom stereocenters. The molecular formula is C12H14FN3O. The standard InChI is InChI=1S/C12H14FN3O/c1-2-3-8-17-12-14-11(15-16-12)9-6-4-5-7-10(9)13/h4-7H,2-3,8H2,1H3,(H,14,15,16). The van der Waals surface area contributed by atoms with Crippen molar-refractivity contribution in [3.05, 3.63) is 30.1 Å². The Labute approximate surface area is 98.8 Å². The van der Waals surface area contributed by atoms with Crippen LogP contribution in [0.5, 0.6) is 6.01 Å². The molecule has 0 saturated heterocycles. The van der Waals surface area contributed by atoms with Gasteiger partial charge in [0, 0.05) is 0 Å². The Balaban J connectivity index is 2.10. The third-order valence-corrected chi connectivity index (χ3v) is 2.32. The fraction of sp³-hybridized carbons (Fsp3) is 0.333. The molecule has 2 aromatic rings. The molecule has 4 nitrogen and oxygen atoms in total. The van der Waals surface area contributed by atoms with Gasteiger partial charge in [-0.15, -0.1) is 5.10 Å². The van der Waals surface area contributed by atoms with Crippen molar-refractivity contribution in [2.24, 2.45) is 0 Å². The maximum absolute atomic E-state index is 13.5. The molecule has 0 bridgehead atoms. The number of aromatic amines is 1. The Morgan fingerprint density at radius 2 is 2.18 bits per heavy atom. The summed E-state index contributed by atoms with van der Waals surface area (Å²) in [5.74, 6) is 0.0540. The van der Waals surface area contributed by atoms with Crippen molar-refractivity contribution in [1.29, 1.82) is 0 Å². The third-order valence-electron chi connectivity index (χ3n) is 2.32. The van der Waals surface area contributed by atoms with Crippen LogP contribution in [0.25, 0.3) is 11.4 Å². The van der Waals surface area contributed by atoms with Gasteiger partial charge in [-0.3, -0.25) is 5.10 Å². The molecule has 0 fully saturated rings. The van der Waals surface area contributed by atoms with E-state index in [2.05, 4.69) is 22.1 Å². The second-order valence-electron chi connectivity index (χ2n) is 3.65. The predicted molar refractivity (Wildman–Crippen MR) is 62.2 cm³/mol. The summed E-state index contributed by atoms with van der Waals surface area (Å²) in [4.78, 5) is 4.08. The third kappa shape index (κ3) is 2.81. The van der Waals surface area contributed by atoms with Crippen LogP contribution in [0, 0.1) is 5.82 Å². The Hall–Kier alpha value is -1.91. The minimum atomic E-state index is -0.330. The van der Waals surface area contributed by atoms with Crippen LogP contribution in [0.15, 0.2) is 24.3 Å². The molecule has 0 aliphatic rings. The number of nitrogens with zero attached hydrogens (tertiary/aromatic N) is 2. The largest absolute Gasteiger partial charge is 0.462 e. The zero-order valence-corrected chi connectivity index (χ0v) is 9.61. The Morgan fingerprint density at radius 3 is 2.94 bits per heavy atom. The predicted octanol–water partition coefficient (Wildman–Crippen LogP) is 2.79. The molecule has 0 radical (unpaired) electrons. The summed E-state index contributed by atoms with van der Waals surface area (Å²) >= 11 is 0. The van der Waals surface area contributed by atoms with Gasteiger partial charge in [-0.2, -0.15) is 4.98 Å². The summed E-state index contributed by atoms with van der Waals surface area (Å²) in [6.07, 6.45) is 1.99. The van der Waals surface area contributed by atoms with Gasteiger partial charge in [0.05, 0.1) is 12.2 Å². The van der Waals surface area contributed by atoms with Crippen LogP contribution in [-0.2, 0) is 0 Å². The highest BCUT2D eigenvalue weighted by atomic mass is 19.1. The van der Waals surface area contributed by atoms with E-state index in [1.54, 1.807) is 18.2 Å². The van der Waals surface area contributed by atoms with E-state index in [1.807, 2.05) is 0 Å². The average Bonchev–Trinajstić information content (AvgIpc) is 2.79. The van der Waals surface area contributed by atoms with Crippen LogP contribution in [0.1, 0.15) is 19.8 Å². The van der Waals surface area contributed by atoms with Gasteiger partial charge in [-0.05, 0) is 18.6 Å². The van der Waals surface area contributed by atoms with Gasteiger partial charge in [0.1, 0.15) is 5.82 Å². The van der Waals surface area contributed by atoms with Crippen LogP contribution >= 0.6 is 0 Å². The number of aromatic nitrogens is 3. The summed E-state index contributed by atoms with van der Waals surface area (Å²) in [7, 11) is 0. The van der Waals surface area contributed by atoms with Crippen molar-refractivity contribution in [2.75, 3.05) is 6.61 Å². The van der Waals surface area contributed by atoms with Gasteiger partial charge < -0.3 is 4.74 Å². The van der Waals surface area contributed by atoms with Gasteiger partial charge in [0.2, 0.25) is 0 Å². The van der Waals surface area contributed by atoms with Gasteiger partial charge in [-0.25, -0.2) is 4.39 Å². The first-order valence-corrected chi connectivity index (χ1v) is 5.61. The van der Waals surface area contributed by atoms with E-state index in [1.165, 1.54) is 6.07 Å². The number of unbranched alkanes of at least 4 members (excludes halogenated alkanes) is 1. The number of hydrogen-bond acceptors (Lipinski definition) is 3. The minimum absolute atomic E-state index is 0.261. The lowest BCUT2D eigenvalue weighted by atomic mass is 10.2. The Kier molecular flexibility index (Phi) is 3.69. The zero-order valence-electron chi connectivity index (χ0n) is 9.61. The molecule has 5 heteroatoms. The highest BCUT2D eigenvalue weighted by Gasteiger charge is 2.09. The van der Waals surface area contributed by atoms with Crippen LogP contribution in [0.4, 0.5) is 4.39 Å². The van der Waals surface area contributed by atoms with E-state index in [-0.39, 0.29) is 11.8 Å². The smallest absolute Gasteiger partial charge is 0.335 e. The molecule has 0 spiro atoms. The molecule has 2 rings (SSSR count). The molecule has 0 saturated carbocycles. The normalized spacial score (nSPS) is 10.5. The van der Waals surface area contributed by atoms with E-state index in [0.29, 0.717) is 18.0 Å². The summed E-state index contributed by atoms with van der Waals surface area (Å²) < 4.78 is 18.8. The highest BCUT2D eigenvalue weighted by molar-refractivity contribution is 5.55. The number of benzene rings is 1. The van der Waals surface area contributed by atoms with Crippen molar-refractivity contribution in [3.8, 4) is 17.4 Å². The number of halogens is 1. The zero-order chi connectivity index (χ0) is 12.1.